The van der Waals surface area contributed by atoms with Gasteiger partial charge in [0.15, 0.2) is 0 Å². The number of rotatable bonds is 6. The quantitative estimate of drug-likeness (QED) is 0.577. The van der Waals surface area contributed by atoms with Crippen LogP contribution in [-0.4, -0.2) is 30.7 Å². The molecule has 1 atom stereocenters. The molecule has 0 fully saturated rings. The van der Waals surface area contributed by atoms with Gasteiger partial charge in [-0.25, -0.2) is 4.79 Å². The van der Waals surface area contributed by atoms with E-state index in [1.54, 1.807) is 30.3 Å². The van der Waals surface area contributed by atoms with Crippen LogP contribution >= 0.6 is 11.8 Å². The lowest BCUT2D eigenvalue weighted by Crippen LogP contribution is -2.41. The first-order valence-corrected chi connectivity index (χ1v) is 10.1. The van der Waals surface area contributed by atoms with Gasteiger partial charge in [-0.15, -0.1) is 11.8 Å². The number of aryl methyl sites for hydroxylation is 2. The van der Waals surface area contributed by atoms with Gasteiger partial charge in [0.1, 0.15) is 0 Å². The smallest absolute Gasteiger partial charge is 0.321 e. The Morgan fingerprint density at radius 3 is 2.57 bits per heavy atom. The Balaban J connectivity index is 1.63. The molecule has 0 saturated heterocycles. The average Bonchev–Trinajstić information content (AvgIpc) is 3.18. The standard InChI is InChI=1S/C21H22N2O4S/c1-22-21(26)23-20(25)19(15-6-3-2-4-7-15)27-18(24)13-28-17-11-10-14-8-5-9-16(14)12-17/h2-4,6-7,10-12,19H,5,8-9,13H2,1H3,(H2,22,23,25,26). The number of ether oxygens (including phenoxy) is 1. The number of thioether (sulfide) groups is 1. The van der Waals surface area contributed by atoms with E-state index in [-0.39, 0.29) is 5.75 Å². The topological polar surface area (TPSA) is 84.5 Å². The lowest BCUT2D eigenvalue weighted by atomic mass is 10.1. The molecule has 1 aliphatic rings. The number of amides is 3. The van der Waals surface area contributed by atoms with E-state index in [0.29, 0.717) is 5.56 Å². The zero-order valence-electron chi connectivity index (χ0n) is 15.6. The summed E-state index contributed by atoms with van der Waals surface area (Å²) < 4.78 is 5.41. The van der Waals surface area contributed by atoms with Gasteiger partial charge in [-0.3, -0.25) is 14.9 Å². The van der Waals surface area contributed by atoms with Crippen molar-refractivity contribution in [1.82, 2.24) is 10.6 Å². The van der Waals surface area contributed by atoms with Crippen molar-refractivity contribution in [2.45, 2.75) is 30.3 Å². The number of carbonyl (C=O) groups excluding carboxylic acids is 3. The molecule has 3 rings (SSSR count). The Labute approximate surface area is 168 Å². The number of hydrogen-bond donors (Lipinski definition) is 2. The van der Waals surface area contributed by atoms with Crippen molar-refractivity contribution in [3.05, 3.63) is 65.2 Å². The summed E-state index contributed by atoms with van der Waals surface area (Å²) in [5.74, 6) is -1.14. The highest BCUT2D eigenvalue weighted by atomic mass is 32.2. The van der Waals surface area contributed by atoms with Crippen molar-refractivity contribution in [3.63, 3.8) is 0 Å². The lowest BCUT2D eigenvalue weighted by molar-refractivity contribution is -0.153. The molecular weight excluding hydrogens is 376 g/mol. The molecule has 2 aromatic rings. The molecule has 3 amide bonds. The van der Waals surface area contributed by atoms with Crippen LogP contribution in [-0.2, 0) is 27.2 Å². The first-order chi connectivity index (χ1) is 13.6. The minimum Gasteiger partial charge on any atom is -0.447 e. The molecule has 0 saturated carbocycles. The molecule has 1 aliphatic carbocycles. The van der Waals surface area contributed by atoms with Crippen molar-refractivity contribution in [2.75, 3.05) is 12.8 Å². The molecular formula is C21H22N2O4S. The van der Waals surface area contributed by atoms with E-state index in [1.807, 2.05) is 6.07 Å². The summed E-state index contributed by atoms with van der Waals surface area (Å²) >= 11 is 1.38. The van der Waals surface area contributed by atoms with Crippen molar-refractivity contribution in [2.24, 2.45) is 0 Å². The maximum Gasteiger partial charge on any atom is 0.321 e. The van der Waals surface area contributed by atoms with Gasteiger partial charge < -0.3 is 10.1 Å². The Hall–Kier alpha value is -2.80. The fraction of sp³-hybridized carbons (Fsp3) is 0.286. The number of fused-ring (bicyclic) bond motifs is 1. The molecule has 6 nitrogen and oxygen atoms in total. The van der Waals surface area contributed by atoms with Crippen LogP contribution in [0.4, 0.5) is 4.79 Å². The van der Waals surface area contributed by atoms with E-state index in [1.165, 1.54) is 36.4 Å². The molecule has 0 bridgehead atoms. The molecule has 0 radical (unpaired) electrons. The maximum absolute atomic E-state index is 12.4. The van der Waals surface area contributed by atoms with E-state index >= 15 is 0 Å². The van der Waals surface area contributed by atoms with Gasteiger partial charge >= 0.3 is 12.0 Å². The summed E-state index contributed by atoms with van der Waals surface area (Å²) in [6.45, 7) is 0. The highest BCUT2D eigenvalue weighted by Gasteiger charge is 2.26. The molecule has 2 N–H and O–H groups in total. The second-order valence-electron chi connectivity index (χ2n) is 6.42. The Kier molecular flexibility index (Phi) is 6.71. The predicted molar refractivity (Wildman–Crippen MR) is 107 cm³/mol. The number of hydrogen-bond acceptors (Lipinski definition) is 5. The first-order valence-electron chi connectivity index (χ1n) is 9.08. The highest BCUT2D eigenvalue weighted by molar-refractivity contribution is 8.00. The number of carbonyl (C=O) groups is 3. The largest absolute Gasteiger partial charge is 0.447 e. The summed E-state index contributed by atoms with van der Waals surface area (Å²) in [6, 6.07) is 14.2. The summed E-state index contributed by atoms with van der Waals surface area (Å²) in [5, 5.41) is 4.47. The first kappa shape index (κ1) is 19.9. The fourth-order valence-electron chi connectivity index (χ4n) is 3.09. The van der Waals surface area contributed by atoms with Crippen molar-refractivity contribution in [3.8, 4) is 0 Å². The van der Waals surface area contributed by atoms with E-state index in [4.69, 9.17) is 4.74 Å². The second-order valence-corrected chi connectivity index (χ2v) is 7.47. The number of nitrogens with one attached hydrogen (secondary N) is 2. The Morgan fingerprint density at radius 2 is 1.82 bits per heavy atom. The maximum atomic E-state index is 12.4. The minimum atomic E-state index is -1.19. The fourth-order valence-corrected chi connectivity index (χ4v) is 3.83. The predicted octanol–water partition coefficient (Wildman–Crippen LogP) is 3.01. The summed E-state index contributed by atoms with van der Waals surface area (Å²) in [6.07, 6.45) is 2.17. The molecule has 0 heterocycles. The van der Waals surface area contributed by atoms with Crippen LogP contribution in [0.5, 0.6) is 0 Å². The van der Waals surface area contributed by atoms with Crippen molar-refractivity contribution >= 4 is 29.7 Å². The molecule has 0 aromatic heterocycles. The third kappa shape index (κ3) is 5.13. The van der Waals surface area contributed by atoms with Gasteiger partial charge in [-0.1, -0.05) is 36.4 Å². The normalized spacial score (nSPS) is 13.3. The van der Waals surface area contributed by atoms with Gasteiger partial charge in [0.05, 0.1) is 5.75 Å². The number of esters is 1. The molecule has 0 spiro atoms. The van der Waals surface area contributed by atoms with Gasteiger partial charge in [-0.2, -0.15) is 0 Å². The molecule has 7 heteroatoms. The minimum absolute atomic E-state index is 0.0787. The zero-order chi connectivity index (χ0) is 19.9. The van der Waals surface area contributed by atoms with Gasteiger partial charge in [0.2, 0.25) is 6.10 Å². The number of benzene rings is 2. The van der Waals surface area contributed by atoms with Gasteiger partial charge in [0.25, 0.3) is 5.91 Å². The summed E-state index contributed by atoms with van der Waals surface area (Å²) in [4.78, 5) is 37.2. The third-order valence-corrected chi connectivity index (χ3v) is 5.45. The lowest BCUT2D eigenvalue weighted by Gasteiger charge is -2.17. The van der Waals surface area contributed by atoms with Crippen LogP contribution in [0.2, 0.25) is 0 Å². The van der Waals surface area contributed by atoms with Crippen LogP contribution < -0.4 is 10.6 Å². The Bertz CT molecular complexity index is 870. The van der Waals surface area contributed by atoms with Crippen LogP contribution in [0.1, 0.15) is 29.2 Å². The highest BCUT2D eigenvalue weighted by Crippen LogP contribution is 2.28. The molecule has 1 unspecified atom stereocenters. The van der Waals surface area contributed by atoms with Gasteiger partial charge in [-0.05, 0) is 42.5 Å². The molecule has 146 valence electrons. The number of imide groups is 1. The molecule has 0 aliphatic heterocycles. The van der Waals surface area contributed by atoms with Crippen LogP contribution in [0.25, 0.3) is 0 Å². The molecule has 28 heavy (non-hydrogen) atoms. The van der Waals surface area contributed by atoms with E-state index in [2.05, 4.69) is 22.8 Å². The zero-order valence-corrected chi connectivity index (χ0v) is 16.4. The van der Waals surface area contributed by atoms with Crippen LogP contribution in [0.15, 0.2) is 53.4 Å². The van der Waals surface area contributed by atoms with Gasteiger partial charge in [0, 0.05) is 17.5 Å². The monoisotopic (exact) mass is 398 g/mol. The van der Waals surface area contributed by atoms with Crippen LogP contribution in [0.3, 0.4) is 0 Å². The molecule has 2 aromatic carbocycles. The number of urea groups is 1. The van der Waals surface area contributed by atoms with E-state index in [0.717, 1.165) is 17.7 Å². The van der Waals surface area contributed by atoms with E-state index < -0.39 is 24.0 Å². The van der Waals surface area contributed by atoms with Crippen molar-refractivity contribution in [1.29, 1.82) is 0 Å². The summed E-state index contributed by atoms with van der Waals surface area (Å²) in [5.41, 5.74) is 3.22. The Morgan fingerprint density at radius 1 is 1.07 bits per heavy atom. The third-order valence-electron chi connectivity index (χ3n) is 4.48. The van der Waals surface area contributed by atoms with Crippen LogP contribution in [0, 0.1) is 0 Å². The summed E-state index contributed by atoms with van der Waals surface area (Å²) in [7, 11) is 1.40. The SMILES string of the molecule is CNC(=O)NC(=O)C(OC(=O)CSc1ccc2c(c1)CCC2)c1ccccc1. The van der Waals surface area contributed by atoms with Crippen molar-refractivity contribution < 1.29 is 19.1 Å². The average molecular weight is 398 g/mol. The second kappa shape index (κ2) is 9.41. The van der Waals surface area contributed by atoms with E-state index in [9.17, 15) is 14.4 Å².